The molecule has 0 aliphatic carbocycles. The number of nitrogens with zero attached hydrogens (tertiary/aromatic N) is 1. The Morgan fingerprint density at radius 1 is 1.22 bits per heavy atom. The predicted octanol–water partition coefficient (Wildman–Crippen LogP) is -0.347. The molecule has 1 heterocycles. The Morgan fingerprint density at radius 3 is 2.33 bits per heavy atom. The van der Waals surface area contributed by atoms with Gasteiger partial charge in [-0.1, -0.05) is 0 Å². The van der Waals surface area contributed by atoms with E-state index >= 15 is 0 Å². The number of ether oxygens (including phenoxy) is 1. The van der Waals surface area contributed by atoms with Gasteiger partial charge in [0.1, 0.15) is 12.3 Å². The van der Waals surface area contributed by atoms with E-state index in [-0.39, 0.29) is 24.5 Å². The maximum absolute atomic E-state index is 12.7. The van der Waals surface area contributed by atoms with E-state index in [1.807, 2.05) is 12.2 Å². The van der Waals surface area contributed by atoms with E-state index in [4.69, 9.17) is 4.74 Å². The van der Waals surface area contributed by atoms with Crippen LogP contribution in [0.4, 0.5) is 13.2 Å². The minimum Gasteiger partial charge on any atom is -0.494 e. The molecular weight excluding hydrogens is 387 g/mol. The summed E-state index contributed by atoms with van der Waals surface area (Å²) >= 11 is 0. The first-order valence-corrected chi connectivity index (χ1v) is 9.96. The molecule has 27 heavy (non-hydrogen) atoms. The lowest BCUT2D eigenvalue weighted by Gasteiger charge is -2.31. The molecule has 0 aromatic heterocycles. The molecule has 2 rings (SSSR count). The van der Waals surface area contributed by atoms with Crippen molar-refractivity contribution >= 4 is 15.9 Å². The largest absolute Gasteiger partial charge is 0.494 e. The van der Waals surface area contributed by atoms with E-state index in [0.29, 0.717) is 25.4 Å². The van der Waals surface area contributed by atoms with E-state index in [0.717, 1.165) is 4.90 Å². The van der Waals surface area contributed by atoms with Crippen LogP contribution >= 0.6 is 0 Å². The Balaban J connectivity index is 1.87. The van der Waals surface area contributed by atoms with Crippen LogP contribution in [-0.4, -0.2) is 70.7 Å². The third-order valence-electron chi connectivity index (χ3n) is 4.10. The molecule has 0 spiro atoms. The average molecular weight is 410 g/mol. The predicted molar refractivity (Wildman–Crippen MR) is 91.0 cm³/mol. The fourth-order valence-electron chi connectivity index (χ4n) is 2.73. The monoisotopic (exact) mass is 410 g/mol. The molecule has 152 valence electrons. The summed E-state index contributed by atoms with van der Waals surface area (Å²) in [5.41, 5.74) is 0. The number of sulfonamides is 1. The average Bonchev–Trinajstić information content (AvgIpc) is 2.61. The lowest BCUT2D eigenvalue weighted by molar-refractivity contribution is -0.895. The lowest BCUT2D eigenvalue weighted by atomic mass is 10.3. The molecule has 2 N–H and O–H groups in total. The highest BCUT2D eigenvalue weighted by Gasteiger charge is 2.32. The van der Waals surface area contributed by atoms with Gasteiger partial charge in [0.2, 0.25) is 10.0 Å². The first-order valence-electron chi connectivity index (χ1n) is 8.52. The summed E-state index contributed by atoms with van der Waals surface area (Å²) in [6.45, 7) is 1.90. The molecule has 1 amide bonds. The van der Waals surface area contributed by atoms with Crippen molar-refractivity contribution in [1.29, 1.82) is 0 Å². The van der Waals surface area contributed by atoms with Gasteiger partial charge < -0.3 is 15.0 Å². The zero-order valence-corrected chi connectivity index (χ0v) is 15.7. The van der Waals surface area contributed by atoms with Crippen molar-refractivity contribution in [2.75, 3.05) is 45.9 Å². The van der Waals surface area contributed by atoms with Gasteiger partial charge in [-0.2, -0.15) is 17.5 Å². The van der Waals surface area contributed by atoms with Crippen LogP contribution in [0, 0.1) is 0 Å². The zero-order chi connectivity index (χ0) is 20.1. The van der Waals surface area contributed by atoms with E-state index in [9.17, 15) is 26.4 Å². The number of halogens is 3. The van der Waals surface area contributed by atoms with Crippen LogP contribution in [0.25, 0.3) is 0 Å². The third kappa shape index (κ3) is 6.36. The molecule has 0 saturated carbocycles. The van der Waals surface area contributed by atoms with Crippen LogP contribution in [0.1, 0.15) is 6.92 Å². The highest BCUT2D eigenvalue weighted by Crippen LogP contribution is 2.19. The minimum atomic E-state index is -4.45. The highest BCUT2D eigenvalue weighted by atomic mass is 32.2. The van der Waals surface area contributed by atoms with Gasteiger partial charge in [0.25, 0.3) is 5.91 Å². The number of carbonyl (C=O) groups excluding carboxylic acids is 1. The molecule has 7 nitrogen and oxygen atoms in total. The lowest BCUT2D eigenvalue weighted by Crippen LogP contribution is -3.15. The molecule has 0 radical (unpaired) electrons. The zero-order valence-electron chi connectivity index (χ0n) is 14.9. The summed E-state index contributed by atoms with van der Waals surface area (Å²) < 4.78 is 68.3. The first-order chi connectivity index (χ1) is 12.6. The topological polar surface area (TPSA) is 80.2 Å². The van der Waals surface area contributed by atoms with Crippen LogP contribution < -0.4 is 15.0 Å². The minimum absolute atomic E-state index is 0.118. The fraction of sp³-hybridized carbons (Fsp3) is 0.562. The smallest absolute Gasteiger partial charge is 0.405 e. The van der Waals surface area contributed by atoms with E-state index in [1.165, 1.54) is 16.4 Å². The molecular formula is C16H23F3N3O4S+. The maximum atomic E-state index is 12.7. The fourth-order valence-corrected chi connectivity index (χ4v) is 4.17. The normalized spacial score (nSPS) is 16.9. The number of rotatable bonds is 7. The number of quaternary nitrogens is 1. The molecule has 1 fully saturated rings. The number of carbonyl (C=O) groups is 1. The van der Waals surface area contributed by atoms with Gasteiger partial charge in [0.05, 0.1) is 37.7 Å². The number of hydrogen-bond donors (Lipinski definition) is 2. The first kappa shape index (κ1) is 21.5. The van der Waals surface area contributed by atoms with E-state index in [2.05, 4.69) is 0 Å². The second-order valence-electron chi connectivity index (χ2n) is 6.13. The van der Waals surface area contributed by atoms with Crippen LogP contribution in [0.5, 0.6) is 5.75 Å². The summed E-state index contributed by atoms with van der Waals surface area (Å²) in [4.78, 5) is 12.5. The van der Waals surface area contributed by atoms with Crippen molar-refractivity contribution in [3.05, 3.63) is 24.3 Å². The number of alkyl halides is 3. The Hall–Kier alpha value is -1.85. The molecule has 1 aliphatic heterocycles. The van der Waals surface area contributed by atoms with Crippen LogP contribution in [-0.2, 0) is 14.8 Å². The van der Waals surface area contributed by atoms with Gasteiger partial charge >= 0.3 is 6.18 Å². The second kappa shape index (κ2) is 8.89. The highest BCUT2D eigenvalue weighted by molar-refractivity contribution is 7.89. The molecule has 11 heteroatoms. The Kier molecular flexibility index (Phi) is 7.06. The van der Waals surface area contributed by atoms with Crippen molar-refractivity contribution in [2.24, 2.45) is 0 Å². The molecule has 0 atom stereocenters. The molecule has 1 aliphatic rings. The molecule has 1 aromatic rings. The second-order valence-corrected chi connectivity index (χ2v) is 8.07. The van der Waals surface area contributed by atoms with Gasteiger partial charge in [-0.25, -0.2) is 8.42 Å². The Labute approximate surface area is 156 Å². The van der Waals surface area contributed by atoms with Crippen molar-refractivity contribution in [3.63, 3.8) is 0 Å². The van der Waals surface area contributed by atoms with Crippen LogP contribution in [0.15, 0.2) is 29.2 Å². The maximum Gasteiger partial charge on any atom is 0.405 e. The van der Waals surface area contributed by atoms with Crippen LogP contribution in [0.2, 0.25) is 0 Å². The number of benzene rings is 1. The number of hydrogen-bond acceptors (Lipinski definition) is 4. The van der Waals surface area contributed by atoms with E-state index in [1.54, 1.807) is 12.1 Å². The van der Waals surface area contributed by atoms with Gasteiger partial charge in [-0.05, 0) is 31.2 Å². The summed E-state index contributed by atoms with van der Waals surface area (Å²) in [6.07, 6.45) is -4.45. The van der Waals surface area contributed by atoms with Gasteiger partial charge in [0, 0.05) is 0 Å². The van der Waals surface area contributed by atoms with Crippen molar-refractivity contribution in [1.82, 2.24) is 9.62 Å². The quantitative estimate of drug-likeness (QED) is 0.644. The third-order valence-corrected chi connectivity index (χ3v) is 6.01. The van der Waals surface area contributed by atoms with E-state index < -0.39 is 28.7 Å². The Morgan fingerprint density at radius 2 is 1.81 bits per heavy atom. The molecule has 1 aromatic carbocycles. The van der Waals surface area contributed by atoms with Crippen molar-refractivity contribution in [3.8, 4) is 5.75 Å². The van der Waals surface area contributed by atoms with Crippen LogP contribution in [0.3, 0.4) is 0 Å². The number of amides is 1. The summed E-state index contributed by atoms with van der Waals surface area (Å²) in [7, 11) is -3.66. The Bertz CT molecular complexity index is 730. The standard InChI is InChI=1S/C16H22F3N3O4S/c1-2-26-13-3-5-14(6-4-13)27(24,25)22-9-7-21(8-10-22)11-15(23)20-12-16(17,18)19/h3-6H,2,7-12H2,1H3,(H,20,23)/p+1. The molecule has 0 unspecified atom stereocenters. The van der Waals surface area contributed by atoms with Gasteiger partial charge in [-0.3, -0.25) is 4.79 Å². The summed E-state index contributed by atoms with van der Waals surface area (Å²) in [5.74, 6) is -0.124. The molecule has 0 bridgehead atoms. The molecule has 1 saturated heterocycles. The van der Waals surface area contributed by atoms with Crippen molar-refractivity contribution in [2.45, 2.75) is 18.0 Å². The van der Waals surface area contributed by atoms with Gasteiger partial charge in [0.15, 0.2) is 6.54 Å². The summed E-state index contributed by atoms with van der Waals surface area (Å²) in [5, 5.41) is 1.82. The number of nitrogens with one attached hydrogen (secondary N) is 2. The summed E-state index contributed by atoms with van der Waals surface area (Å²) in [6, 6.07) is 6.13. The number of piperazine rings is 1. The SMILES string of the molecule is CCOc1ccc(S(=O)(=O)N2CC[NH+](CC(=O)NCC(F)(F)F)CC2)cc1. The van der Waals surface area contributed by atoms with Gasteiger partial charge in [-0.15, -0.1) is 0 Å². The van der Waals surface area contributed by atoms with Crippen molar-refractivity contribution < 1.29 is 36.0 Å².